The van der Waals surface area contributed by atoms with Gasteiger partial charge in [-0.25, -0.2) is 0 Å². The fraction of sp³-hybridized carbons (Fsp3) is 0.587. The van der Waals surface area contributed by atoms with E-state index < -0.39 is 205 Å². The van der Waals surface area contributed by atoms with Crippen molar-refractivity contribution in [3.63, 3.8) is 0 Å². The number of benzene rings is 3. The van der Waals surface area contributed by atoms with E-state index in [0.717, 1.165) is 15.8 Å². The Balaban J connectivity index is 1.07. The number of piperidine rings is 1. The molecule has 0 spiro atoms. The average molecular weight is 1790 g/mol. The number of para-hydroxylation sites is 2. The van der Waals surface area contributed by atoms with Crippen LogP contribution in [0.3, 0.4) is 0 Å². The number of carboxylic acids is 1. The van der Waals surface area contributed by atoms with Crippen LogP contribution in [0.25, 0.3) is 21.8 Å². The molecule has 0 saturated carbocycles. The third-order valence-electron chi connectivity index (χ3n) is 24.8. The van der Waals surface area contributed by atoms with Crippen LogP contribution in [0.1, 0.15) is 187 Å². The Hall–Kier alpha value is -11.9. The number of fused-ring (bicyclic) bond motifs is 5. The zero-order chi connectivity index (χ0) is 94.0. The number of aromatic nitrogens is 2. The van der Waals surface area contributed by atoms with Gasteiger partial charge in [0.15, 0.2) is 5.78 Å². The Morgan fingerprint density at radius 1 is 0.496 bits per heavy atom. The van der Waals surface area contributed by atoms with E-state index in [2.05, 4.69) is 47.5 Å². The molecule has 0 aliphatic carbocycles. The second kappa shape index (κ2) is 48.0. The van der Waals surface area contributed by atoms with Crippen molar-refractivity contribution in [3.05, 3.63) is 102 Å². The highest BCUT2D eigenvalue weighted by atomic mass is 16.4. The minimum absolute atomic E-state index is 0.00592. The van der Waals surface area contributed by atoms with Crippen LogP contribution in [0.15, 0.2) is 85.2 Å². The summed E-state index contributed by atoms with van der Waals surface area (Å²) in [6.07, 6.45) is 5.40. The Morgan fingerprint density at radius 2 is 1.02 bits per heavy atom. The lowest BCUT2D eigenvalue weighted by Gasteiger charge is -2.38. The highest BCUT2D eigenvalue weighted by molar-refractivity contribution is 6.02. The van der Waals surface area contributed by atoms with E-state index in [1.165, 1.54) is 50.4 Å². The number of nitrogens with zero attached hydrogens (tertiary/aromatic N) is 6. The zero-order valence-corrected chi connectivity index (χ0v) is 75.5. The largest absolute Gasteiger partial charge is 0.508 e. The van der Waals surface area contributed by atoms with Gasteiger partial charge in [0.25, 0.3) is 0 Å². The number of rotatable bonds is 23. The number of primary amides is 1. The number of phenols is 1. The molecule has 3 aromatic carbocycles. The highest BCUT2D eigenvalue weighted by Crippen LogP contribution is 2.31. The number of likely N-dealkylation sites (N-methyl/N-ethyl adjacent to an activating group) is 2. The van der Waals surface area contributed by atoms with Crippen molar-refractivity contribution in [3.8, 4) is 5.75 Å². The number of amides is 14. The molecule has 14 atom stereocenters. The van der Waals surface area contributed by atoms with Crippen LogP contribution < -0.4 is 65.5 Å². The standard InChI is InChI=1S/C92H133N19O18/c1-9-11-26-73-85(122)100-65(42-53(3)4)82(119)97-38-19-24-62(95)81(118)101-67(44-55-32-34-59(112)35-33-55)90(127)110-39-18-17-29-74(110)86(123)104-69(48-78(96)114)91(128)111-41-21-31-75(111)87(124)105-70(49-94)84(121)102-66(43-54(5)6)89(126)109-40-20-30-72(109)77(113)47-56(45-57-50-98-63-25-15-13-22-60(57)63)80(117)99-64(36-37-93)83(120)103-68(88(125)107(8)76(27-12-10-2)92(129)106(73)7)46-58-51-108(52-79(115)116)71-28-16-14-23-61(58)71/h13-16,22-23,25,28,32-35,50-51,53-54,56,62,64-70,72-76,98,112H,9-12,17-21,24,26-27,29-31,36-49,52,93-95H2,1-8H3,(H2,96,114)(H,97,119)(H,99,117)(H,100,122)(H,101,118)(H,102,121)(H,103,120)(H,104,123)(H,105,124)(H,115,116)/t56-,62+,64+,65+,66+,67+,68+,69+,70+,72+,73+,74+,75+,76+/m1/s1. The lowest BCUT2D eigenvalue weighted by atomic mass is 9.90. The molecule has 5 aromatic rings. The van der Waals surface area contributed by atoms with Crippen molar-refractivity contribution in [2.24, 2.45) is 40.7 Å². The molecule has 0 radical (unpaired) electrons. The number of carbonyl (C=O) groups is 16. The molecule has 14 amide bonds. The molecule has 37 heteroatoms. The van der Waals surface area contributed by atoms with Gasteiger partial charge in [-0.05, 0) is 156 Å². The predicted molar refractivity (Wildman–Crippen MR) is 480 cm³/mol. The Morgan fingerprint density at radius 3 is 1.66 bits per heavy atom. The topological polar surface area (TPSA) is 551 Å². The fourth-order valence-corrected chi connectivity index (χ4v) is 17.9. The van der Waals surface area contributed by atoms with Crippen LogP contribution in [0.5, 0.6) is 5.75 Å². The molecule has 4 saturated heterocycles. The van der Waals surface area contributed by atoms with E-state index in [9.17, 15) is 48.6 Å². The number of carboxylic acid groups (broad SMARTS) is 1. The van der Waals surface area contributed by atoms with Gasteiger partial charge in [-0.3, -0.25) is 76.7 Å². The normalized spacial score (nSPS) is 25.5. The Kier molecular flexibility index (Phi) is 37.5. The summed E-state index contributed by atoms with van der Waals surface area (Å²) < 4.78 is 1.49. The summed E-state index contributed by atoms with van der Waals surface area (Å²) in [5, 5.41) is 44.0. The van der Waals surface area contributed by atoms with Crippen molar-refractivity contribution in [2.75, 3.05) is 53.4 Å². The van der Waals surface area contributed by atoms with Crippen molar-refractivity contribution in [1.29, 1.82) is 0 Å². The first-order valence-corrected chi connectivity index (χ1v) is 45.5. The van der Waals surface area contributed by atoms with Crippen LogP contribution in [0.2, 0.25) is 0 Å². The smallest absolute Gasteiger partial charge is 0.323 e. The Bertz CT molecular complexity index is 4800. The lowest BCUT2D eigenvalue weighted by molar-refractivity contribution is -0.149. The van der Waals surface area contributed by atoms with Gasteiger partial charge < -0.3 is 110 Å². The minimum atomic E-state index is -1.68. The molecular formula is C92H133N19O18. The molecule has 37 nitrogen and oxygen atoms in total. The van der Waals surface area contributed by atoms with Crippen LogP contribution >= 0.6 is 0 Å². The number of aliphatic carboxylic acids is 1. The SMILES string of the molecule is CCCC[C@H]1C(=O)N(C)[C@@H](CCCC)C(=O)N[C@@H](CC(C)C)C(=O)NCCC[C@H](N)C(=O)N[C@@H](Cc2ccc(O)cc2)C(=O)N2CCCC[C@H]2C(=O)N[C@@H](CC(N)=O)C(=O)N2CCC[C@H]2C(=O)N[C@@H](CN)C(=O)N[C@@H](CC(C)C)C(=O)N2CCC[C@H]2C(=O)C[C@@H](Cc2c[nH]c3ccccc23)C(=O)N[C@@H](CCN)C(=O)N[C@@H](Cc2cn(CC(=O)O)c3ccccc23)C(=O)N1C. The van der Waals surface area contributed by atoms with Gasteiger partial charge >= 0.3 is 5.97 Å². The number of nitrogens with one attached hydrogen (secondary N) is 9. The number of carbonyl (C=O) groups excluding carboxylic acids is 15. The molecule has 704 valence electrons. The number of H-pyrrole nitrogens is 1. The molecule has 0 unspecified atom stereocenters. The second-order valence-corrected chi connectivity index (χ2v) is 35.5. The van der Waals surface area contributed by atoms with Gasteiger partial charge in [0.1, 0.15) is 78.8 Å². The molecule has 129 heavy (non-hydrogen) atoms. The van der Waals surface area contributed by atoms with Crippen LogP contribution in [0.4, 0.5) is 0 Å². The monoisotopic (exact) mass is 1790 g/mol. The third-order valence-corrected chi connectivity index (χ3v) is 24.8. The number of nitrogens with two attached hydrogens (primary N) is 4. The number of phenolic OH excluding ortho intramolecular Hbond substituents is 1. The summed E-state index contributed by atoms with van der Waals surface area (Å²) in [7, 11) is 2.85. The van der Waals surface area contributed by atoms with Crippen LogP contribution in [-0.4, -0.2) is 271 Å². The molecule has 6 heterocycles. The number of hydrogen-bond acceptors (Lipinski definition) is 20. The van der Waals surface area contributed by atoms with Gasteiger partial charge in [0.2, 0.25) is 82.7 Å². The average Bonchev–Trinajstić information content (AvgIpc) is 1.66. The van der Waals surface area contributed by atoms with Crippen molar-refractivity contribution in [2.45, 2.75) is 274 Å². The van der Waals surface area contributed by atoms with Gasteiger partial charge in [-0.15, -0.1) is 0 Å². The van der Waals surface area contributed by atoms with Crippen LogP contribution in [0, 0.1) is 17.8 Å². The summed E-state index contributed by atoms with van der Waals surface area (Å²) in [5.74, 6) is -14.4. The van der Waals surface area contributed by atoms with E-state index >= 15 is 38.4 Å². The van der Waals surface area contributed by atoms with Gasteiger partial charge in [0.05, 0.1) is 18.5 Å². The van der Waals surface area contributed by atoms with E-state index in [1.54, 1.807) is 54.9 Å². The maximum Gasteiger partial charge on any atom is 0.323 e. The third kappa shape index (κ3) is 27.1. The molecule has 0 bridgehead atoms. The number of Topliss-reactive ketones (excluding diaryl/α,β-unsaturated/α-hetero) is 1. The Labute approximate surface area is 752 Å². The summed E-state index contributed by atoms with van der Waals surface area (Å²) in [4.78, 5) is 246. The molecule has 19 N–H and O–H groups in total. The summed E-state index contributed by atoms with van der Waals surface area (Å²) in [6, 6.07) is 2.44. The number of aromatic amines is 1. The number of hydrogen-bond donors (Lipinski definition) is 15. The van der Waals surface area contributed by atoms with Crippen molar-refractivity contribution >= 4 is 116 Å². The maximum atomic E-state index is 15.9. The van der Waals surface area contributed by atoms with Crippen molar-refractivity contribution < 1.29 is 86.9 Å². The molecule has 4 aliphatic rings. The lowest BCUT2D eigenvalue weighted by Crippen LogP contribution is -2.62. The van der Waals surface area contributed by atoms with Gasteiger partial charge in [-0.1, -0.05) is 116 Å². The first-order chi connectivity index (χ1) is 61.6. The summed E-state index contributed by atoms with van der Waals surface area (Å²) >= 11 is 0. The molecule has 2 aromatic heterocycles. The molecule has 4 fully saturated rings. The van der Waals surface area contributed by atoms with Gasteiger partial charge in [0, 0.05) is 106 Å². The number of ketones is 1. The van der Waals surface area contributed by atoms with Crippen molar-refractivity contribution in [1.82, 2.24) is 76.6 Å². The maximum absolute atomic E-state index is 15.9. The molecule has 4 aliphatic heterocycles. The van der Waals surface area contributed by atoms with E-state index in [0.29, 0.717) is 72.5 Å². The van der Waals surface area contributed by atoms with Gasteiger partial charge in [-0.2, -0.15) is 0 Å². The quantitative estimate of drug-likeness (QED) is 0.0443. The van der Waals surface area contributed by atoms with Crippen LogP contribution in [-0.2, 0) is 103 Å². The van der Waals surface area contributed by atoms with E-state index in [-0.39, 0.29) is 140 Å². The first kappa shape index (κ1) is 101. The zero-order valence-electron chi connectivity index (χ0n) is 75.5. The summed E-state index contributed by atoms with van der Waals surface area (Å²) in [6.45, 7) is 9.91. The number of aromatic hydroxyl groups is 1. The van der Waals surface area contributed by atoms with E-state index in [4.69, 9.17) is 22.9 Å². The highest BCUT2D eigenvalue weighted by Gasteiger charge is 2.46. The molecular weight excluding hydrogens is 1660 g/mol. The first-order valence-electron chi connectivity index (χ1n) is 45.5. The minimum Gasteiger partial charge on any atom is -0.508 e. The van der Waals surface area contributed by atoms with E-state index in [1.807, 2.05) is 59.7 Å². The number of unbranched alkanes of at least 4 members (excludes halogenated alkanes) is 2. The predicted octanol–water partition coefficient (Wildman–Crippen LogP) is 1.82. The second-order valence-electron chi connectivity index (χ2n) is 35.5. The fourth-order valence-electron chi connectivity index (χ4n) is 17.9. The molecule has 9 rings (SSSR count). The summed E-state index contributed by atoms with van der Waals surface area (Å²) in [5.41, 5.74) is 27.6.